The third-order valence-corrected chi connectivity index (χ3v) is 3.86. The second-order valence-electron chi connectivity index (χ2n) is 4.95. The van der Waals surface area contributed by atoms with E-state index in [1.807, 2.05) is 30.3 Å². The van der Waals surface area contributed by atoms with Gasteiger partial charge in [0.1, 0.15) is 0 Å². The predicted octanol–water partition coefficient (Wildman–Crippen LogP) is 3.23. The second kappa shape index (κ2) is 5.10. The van der Waals surface area contributed by atoms with Crippen molar-refractivity contribution in [2.45, 2.75) is 25.9 Å². The number of benzene rings is 1. The lowest BCUT2D eigenvalue weighted by atomic mass is 9.89. The van der Waals surface area contributed by atoms with Gasteiger partial charge in [0, 0.05) is 23.8 Å². The summed E-state index contributed by atoms with van der Waals surface area (Å²) >= 11 is 0. The number of Topliss-reactive ketones (excluding diaryl/α,β-unsaturated/α-hetero) is 1. The Morgan fingerprint density at radius 2 is 2.26 bits per heavy atom. The van der Waals surface area contributed by atoms with Crippen molar-refractivity contribution in [3.63, 3.8) is 0 Å². The van der Waals surface area contributed by atoms with Crippen molar-refractivity contribution in [3.05, 3.63) is 42.1 Å². The van der Waals surface area contributed by atoms with Gasteiger partial charge in [0.2, 0.25) is 0 Å². The van der Waals surface area contributed by atoms with Gasteiger partial charge in [-0.25, -0.2) is 0 Å². The van der Waals surface area contributed by atoms with E-state index in [1.54, 1.807) is 6.20 Å². The normalized spacial score (nSPS) is 22.8. The average Bonchev–Trinajstić information content (AvgIpc) is 2.94. The molecule has 0 bridgehead atoms. The number of carbonyl (C=O) groups is 1. The third-order valence-electron chi connectivity index (χ3n) is 3.86. The summed E-state index contributed by atoms with van der Waals surface area (Å²) in [5, 5.41) is 0.941. The molecule has 98 valence electrons. The van der Waals surface area contributed by atoms with E-state index in [1.165, 1.54) is 0 Å². The van der Waals surface area contributed by atoms with Crippen molar-refractivity contribution >= 4 is 16.7 Å². The molecule has 0 radical (unpaired) electrons. The zero-order valence-corrected chi connectivity index (χ0v) is 11.0. The van der Waals surface area contributed by atoms with Crippen LogP contribution in [0.25, 0.3) is 10.9 Å². The van der Waals surface area contributed by atoms with Crippen molar-refractivity contribution in [2.75, 3.05) is 6.61 Å². The maximum atomic E-state index is 12.7. The molecular formula is C16H17NO2. The van der Waals surface area contributed by atoms with E-state index in [4.69, 9.17) is 4.74 Å². The Balaban J connectivity index is 2.02. The van der Waals surface area contributed by atoms with Crippen molar-refractivity contribution in [2.24, 2.45) is 5.92 Å². The largest absolute Gasteiger partial charge is 0.377 e. The molecule has 2 atom stereocenters. The Bertz CT molecular complexity index is 603. The topological polar surface area (TPSA) is 39.2 Å². The van der Waals surface area contributed by atoms with Crippen LogP contribution in [-0.4, -0.2) is 23.5 Å². The number of carbonyl (C=O) groups excluding carboxylic acids is 1. The van der Waals surface area contributed by atoms with Crippen LogP contribution in [0.5, 0.6) is 0 Å². The molecule has 0 aliphatic carbocycles. The van der Waals surface area contributed by atoms with Crippen LogP contribution in [0.1, 0.15) is 30.1 Å². The monoisotopic (exact) mass is 255 g/mol. The molecule has 1 aliphatic rings. The van der Waals surface area contributed by atoms with Crippen molar-refractivity contribution in [1.29, 1.82) is 0 Å². The summed E-state index contributed by atoms with van der Waals surface area (Å²) in [6.45, 7) is 2.76. The van der Waals surface area contributed by atoms with E-state index in [0.717, 1.165) is 29.3 Å². The van der Waals surface area contributed by atoms with Gasteiger partial charge in [-0.05, 0) is 25.0 Å². The van der Waals surface area contributed by atoms with Gasteiger partial charge in [0.05, 0.1) is 17.5 Å². The summed E-state index contributed by atoms with van der Waals surface area (Å²) in [5.41, 5.74) is 1.65. The smallest absolute Gasteiger partial charge is 0.169 e. The van der Waals surface area contributed by atoms with Crippen molar-refractivity contribution < 1.29 is 9.53 Å². The number of rotatable bonds is 3. The van der Waals surface area contributed by atoms with Gasteiger partial charge in [-0.1, -0.05) is 25.1 Å². The van der Waals surface area contributed by atoms with Gasteiger partial charge in [0.15, 0.2) is 5.78 Å². The van der Waals surface area contributed by atoms with Crippen LogP contribution in [0, 0.1) is 5.92 Å². The van der Waals surface area contributed by atoms with Crippen LogP contribution in [0.2, 0.25) is 0 Å². The molecule has 0 N–H and O–H groups in total. The van der Waals surface area contributed by atoms with Gasteiger partial charge >= 0.3 is 0 Å². The quantitative estimate of drug-likeness (QED) is 0.790. The molecule has 2 heterocycles. The Morgan fingerprint density at radius 1 is 1.37 bits per heavy atom. The number of hydrogen-bond acceptors (Lipinski definition) is 3. The molecule has 0 spiro atoms. The fourth-order valence-electron chi connectivity index (χ4n) is 2.87. The van der Waals surface area contributed by atoms with Crippen LogP contribution < -0.4 is 0 Å². The average molecular weight is 255 g/mol. The molecule has 0 amide bonds. The van der Waals surface area contributed by atoms with E-state index >= 15 is 0 Å². The molecular weight excluding hydrogens is 238 g/mol. The lowest BCUT2D eigenvalue weighted by molar-refractivity contribution is 0.0690. The summed E-state index contributed by atoms with van der Waals surface area (Å²) in [6, 6.07) is 9.58. The minimum atomic E-state index is -0.00388. The summed E-state index contributed by atoms with van der Waals surface area (Å²) in [6.07, 6.45) is 3.54. The van der Waals surface area contributed by atoms with Crippen molar-refractivity contribution in [1.82, 2.24) is 4.98 Å². The van der Waals surface area contributed by atoms with Gasteiger partial charge in [0.25, 0.3) is 0 Å². The Morgan fingerprint density at radius 3 is 3.11 bits per heavy atom. The molecule has 3 heteroatoms. The Labute approximate surface area is 112 Å². The number of ether oxygens (including phenoxy) is 1. The van der Waals surface area contributed by atoms with Gasteiger partial charge in [-0.2, -0.15) is 0 Å². The summed E-state index contributed by atoms with van der Waals surface area (Å²) < 4.78 is 5.63. The number of ketones is 1. The highest BCUT2D eigenvalue weighted by Crippen LogP contribution is 2.29. The highest BCUT2D eigenvalue weighted by molar-refractivity contribution is 6.08. The molecule has 1 saturated heterocycles. The third kappa shape index (κ3) is 2.15. The zero-order valence-electron chi connectivity index (χ0n) is 11.0. The molecule has 19 heavy (non-hydrogen) atoms. The molecule has 3 nitrogen and oxygen atoms in total. The fraction of sp³-hybridized carbons (Fsp3) is 0.375. The van der Waals surface area contributed by atoms with Crippen LogP contribution >= 0.6 is 0 Å². The first kappa shape index (κ1) is 12.3. The Kier molecular flexibility index (Phi) is 3.30. The van der Waals surface area contributed by atoms with Crippen molar-refractivity contribution in [3.8, 4) is 0 Å². The molecule has 1 fully saturated rings. The van der Waals surface area contributed by atoms with E-state index in [-0.39, 0.29) is 17.8 Å². The first-order chi connectivity index (χ1) is 9.31. The first-order valence-corrected chi connectivity index (χ1v) is 6.81. The van der Waals surface area contributed by atoms with E-state index < -0.39 is 0 Å². The minimum absolute atomic E-state index is 0.00388. The maximum Gasteiger partial charge on any atom is 0.169 e. The molecule has 0 saturated carbocycles. The molecule has 1 aromatic carbocycles. The Hall–Kier alpha value is -1.74. The standard InChI is InChI=1S/C16H17NO2/c1-2-15-13(8-10-19-15)16(18)12-5-3-7-14-11(12)6-4-9-17-14/h3-7,9,13,15H,2,8,10H2,1H3. The van der Waals surface area contributed by atoms with Gasteiger partial charge in [-0.3, -0.25) is 9.78 Å². The van der Waals surface area contributed by atoms with Crippen LogP contribution in [0.3, 0.4) is 0 Å². The van der Waals surface area contributed by atoms with E-state index in [0.29, 0.717) is 6.61 Å². The summed E-state index contributed by atoms with van der Waals surface area (Å²) in [7, 11) is 0. The predicted molar refractivity (Wildman–Crippen MR) is 74.2 cm³/mol. The van der Waals surface area contributed by atoms with Crippen LogP contribution in [0.4, 0.5) is 0 Å². The molecule has 2 unspecified atom stereocenters. The summed E-state index contributed by atoms with van der Waals surface area (Å²) in [5.74, 6) is 0.193. The number of nitrogens with zero attached hydrogens (tertiary/aromatic N) is 1. The minimum Gasteiger partial charge on any atom is -0.377 e. The molecule has 2 aromatic rings. The van der Waals surface area contributed by atoms with Crippen LogP contribution in [-0.2, 0) is 4.74 Å². The first-order valence-electron chi connectivity index (χ1n) is 6.81. The molecule has 3 rings (SSSR count). The molecule has 1 aliphatic heterocycles. The number of hydrogen-bond donors (Lipinski definition) is 0. The zero-order chi connectivity index (χ0) is 13.2. The van der Waals surface area contributed by atoms with E-state index in [9.17, 15) is 4.79 Å². The van der Waals surface area contributed by atoms with Gasteiger partial charge < -0.3 is 4.74 Å². The number of pyridine rings is 1. The highest BCUT2D eigenvalue weighted by atomic mass is 16.5. The lowest BCUT2D eigenvalue weighted by Gasteiger charge is -2.16. The fourth-order valence-corrected chi connectivity index (χ4v) is 2.87. The second-order valence-corrected chi connectivity index (χ2v) is 4.95. The molecule has 1 aromatic heterocycles. The van der Waals surface area contributed by atoms with Crippen LogP contribution in [0.15, 0.2) is 36.5 Å². The number of aromatic nitrogens is 1. The SMILES string of the molecule is CCC1OCCC1C(=O)c1cccc2ncccc12. The summed E-state index contributed by atoms with van der Waals surface area (Å²) in [4.78, 5) is 17.0. The highest BCUT2D eigenvalue weighted by Gasteiger charge is 2.33. The van der Waals surface area contributed by atoms with E-state index in [2.05, 4.69) is 11.9 Å². The number of fused-ring (bicyclic) bond motifs is 1. The maximum absolute atomic E-state index is 12.7. The van der Waals surface area contributed by atoms with Gasteiger partial charge in [-0.15, -0.1) is 0 Å². The lowest BCUT2D eigenvalue weighted by Crippen LogP contribution is -2.24.